The van der Waals surface area contributed by atoms with Crippen molar-refractivity contribution >= 4 is 33.2 Å². The van der Waals surface area contributed by atoms with Crippen LogP contribution in [-0.4, -0.2) is 31.4 Å². The monoisotopic (exact) mass is 394 g/mol. The molecule has 2 rings (SSSR count). The molecule has 140 valence electrons. The van der Waals surface area contributed by atoms with E-state index < -0.39 is 22.0 Å². The summed E-state index contributed by atoms with van der Waals surface area (Å²) in [4.78, 5) is 12.5. The number of amides is 1. The van der Waals surface area contributed by atoms with E-state index in [4.69, 9.17) is 11.6 Å². The van der Waals surface area contributed by atoms with Gasteiger partial charge in [0.05, 0.1) is 23.5 Å². The molecule has 0 bridgehead atoms. The Balaban J connectivity index is 2.23. The van der Waals surface area contributed by atoms with E-state index in [2.05, 4.69) is 5.32 Å². The van der Waals surface area contributed by atoms with Crippen molar-refractivity contribution in [3.8, 4) is 0 Å². The van der Waals surface area contributed by atoms with Crippen molar-refractivity contribution in [2.24, 2.45) is 0 Å². The van der Waals surface area contributed by atoms with Crippen LogP contribution in [0.3, 0.4) is 0 Å². The molecule has 1 atom stereocenters. The highest BCUT2D eigenvalue weighted by Crippen LogP contribution is 2.28. The number of aryl methyl sites for hydroxylation is 2. The summed E-state index contributed by atoms with van der Waals surface area (Å²) in [7, 11) is -3.59. The molecule has 1 N–H and O–H groups in total. The first-order chi connectivity index (χ1) is 12.1. The van der Waals surface area contributed by atoms with Crippen molar-refractivity contribution in [1.82, 2.24) is 4.31 Å². The van der Waals surface area contributed by atoms with Crippen molar-refractivity contribution in [2.75, 3.05) is 18.1 Å². The molecule has 0 saturated heterocycles. The fourth-order valence-corrected chi connectivity index (χ4v) is 4.25. The Morgan fingerprint density at radius 3 is 2.35 bits per heavy atom. The second-order valence-corrected chi connectivity index (χ2v) is 8.72. The molecule has 5 nitrogen and oxygen atoms in total. The first-order valence-corrected chi connectivity index (χ1v) is 10.4. The smallest absolute Gasteiger partial charge is 0.239 e. The van der Waals surface area contributed by atoms with E-state index in [9.17, 15) is 13.2 Å². The molecule has 0 aliphatic rings. The molecular formula is C19H23ClN2O3S. The summed E-state index contributed by atoms with van der Waals surface area (Å²) in [6.45, 7) is 5.22. The summed E-state index contributed by atoms with van der Waals surface area (Å²) in [5.41, 5.74) is 3.13. The van der Waals surface area contributed by atoms with Crippen LogP contribution in [0.25, 0.3) is 0 Å². The standard InChI is InChI=1S/C19H23ClN2O3S/c1-13-10-14(2)19(17(20)11-13)21-18(23)12-22(26(4,24)25)15(3)16-8-6-5-7-9-16/h5-11,15H,12H2,1-4H3,(H,21,23). The lowest BCUT2D eigenvalue weighted by molar-refractivity contribution is -0.116. The molecule has 0 saturated carbocycles. The van der Waals surface area contributed by atoms with Crippen LogP contribution in [0.2, 0.25) is 5.02 Å². The Morgan fingerprint density at radius 1 is 1.19 bits per heavy atom. The minimum Gasteiger partial charge on any atom is -0.323 e. The minimum absolute atomic E-state index is 0.293. The van der Waals surface area contributed by atoms with Gasteiger partial charge in [-0.15, -0.1) is 0 Å². The van der Waals surface area contributed by atoms with Crippen LogP contribution in [0, 0.1) is 13.8 Å². The zero-order chi connectivity index (χ0) is 19.5. The molecule has 0 aliphatic carbocycles. The van der Waals surface area contributed by atoms with Gasteiger partial charge in [-0.1, -0.05) is 48.0 Å². The van der Waals surface area contributed by atoms with Crippen molar-refractivity contribution in [1.29, 1.82) is 0 Å². The predicted octanol–water partition coefficient (Wildman–Crippen LogP) is 3.92. The van der Waals surface area contributed by atoms with Crippen LogP contribution in [0.15, 0.2) is 42.5 Å². The highest BCUT2D eigenvalue weighted by Gasteiger charge is 2.27. The van der Waals surface area contributed by atoms with Gasteiger partial charge in [0, 0.05) is 6.04 Å². The van der Waals surface area contributed by atoms with Gasteiger partial charge in [0.1, 0.15) is 0 Å². The minimum atomic E-state index is -3.59. The van der Waals surface area contributed by atoms with Gasteiger partial charge in [-0.2, -0.15) is 4.31 Å². The molecule has 26 heavy (non-hydrogen) atoms. The van der Waals surface area contributed by atoms with E-state index in [1.165, 1.54) is 4.31 Å². The van der Waals surface area contributed by atoms with Crippen LogP contribution in [0.1, 0.15) is 29.7 Å². The topological polar surface area (TPSA) is 66.5 Å². The van der Waals surface area contributed by atoms with Gasteiger partial charge in [-0.05, 0) is 43.5 Å². The molecule has 0 aromatic heterocycles. The molecule has 0 fully saturated rings. The van der Waals surface area contributed by atoms with Gasteiger partial charge in [-0.3, -0.25) is 4.79 Å². The van der Waals surface area contributed by atoms with Crippen molar-refractivity contribution in [3.05, 3.63) is 64.2 Å². The van der Waals surface area contributed by atoms with Gasteiger partial charge in [0.25, 0.3) is 0 Å². The first kappa shape index (κ1) is 20.4. The van der Waals surface area contributed by atoms with Crippen LogP contribution in [-0.2, 0) is 14.8 Å². The normalized spacial score (nSPS) is 12.8. The molecule has 2 aromatic rings. The van der Waals surface area contributed by atoms with Crippen molar-refractivity contribution < 1.29 is 13.2 Å². The van der Waals surface area contributed by atoms with Crippen LogP contribution >= 0.6 is 11.6 Å². The number of nitrogens with zero attached hydrogens (tertiary/aromatic N) is 1. The third-order valence-electron chi connectivity index (χ3n) is 4.14. The van der Waals surface area contributed by atoms with E-state index >= 15 is 0 Å². The number of carbonyl (C=O) groups is 1. The summed E-state index contributed by atoms with van der Waals surface area (Å²) in [5, 5.41) is 3.17. The fourth-order valence-electron chi connectivity index (χ4n) is 2.83. The van der Waals surface area contributed by atoms with E-state index in [1.807, 2.05) is 50.2 Å². The summed E-state index contributed by atoms with van der Waals surface area (Å²) < 4.78 is 25.6. The fraction of sp³-hybridized carbons (Fsp3) is 0.316. The Kier molecular flexibility index (Phi) is 6.44. The number of anilines is 1. The van der Waals surface area contributed by atoms with E-state index in [-0.39, 0.29) is 6.54 Å². The molecule has 7 heteroatoms. The van der Waals surface area contributed by atoms with E-state index in [1.54, 1.807) is 13.0 Å². The lowest BCUT2D eigenvalue weighted by Gasteiger charge is -2.27. The van der Waals surface area contributed by atoms with Gasteiger partial charge in [0.2, 0.25) is 15.9 Å². The lowest BCUT2D eigenvalue weighted by atomic mass is 10.1. The van der Waals surface area contributed by atoms with Crippen LogP contribution in [0.5, 0.6) is 0 Å². The maximum atomic E-state index is 12.5. The average molecular weight is 395 g/mol. The Bertz CT molecular complexity index is 875. The quantitative estimate of drug-likeness (QED) is 0.807. The number of nitrogens with one attached hydrogen (secondary N) is 1. The largest absolute Gasteiger partial charge is 0.323 e. The third-order valence-corrected chi connectivity index (χ3v) is 5.73. The van der Waals surface area contributed by atoms with Crippen LogP contribution in [0.4, 0.5) is 5.69 Å². The van der Waals surface area contributed by atoms with Crippen molar-refractivity contribution in [2.45, 2.75) is 26.8 Å². The Labute approximate surface area is 160 Å². The zero-order valence-corrected chi connectivity index (χ0v) is 16.9. The highest BCUT2D eigenvalue weighted by atomic mass is 35.5. The number of hydrogen-bond donors (Lipinski definition) is 1. The number of benzene rings is 2. The first-order valence-electron chi connectivity index (χ1n) is 8.18. The van der Waals surface area contributed by atoms with Gasteiger partial charge in [-0.25, -0.2) is 8.42 Å². The number of halogens is 1. The number of carbonyl (C=O) groups excluding carboxylic acids is 1. The number of sulfonamides is 1. The molecule has 0 heterocycles. The maximum Gasteiger partial charge on any atom is 0.239 e. The van der Waals surface area contributed by atoms with Crippen LogP contribution < -0.4 is 5.32 Å². The van der Waals surface area contributed by atoms with Gasteiger partial charge >= 0.3 is 0 Å². The van der Waals surface area contributed by atoms with E-state index in [0.29, 0.717) is 10.7 Å². The second-order valence-electron chi connectivity index (χ2n) is 6.38. The van der Waals surface area contributed by atoms with Crippen molar-refractivity contribution in [3.63, 3.8) is 0 Å². The zero-order valence-electron chi connectivity index (χ0n) is 15.3. The second kappa shape index (κ2) is 8.20. The number of hydrogen-bond acceptors (Lipinski definition) is 3. The lowest BCUT2D eigenvalue weighted by Crippen LogP contribution is -2.39. The highest BCUT2D eigenvalue weighted by molar-refractivity contribution is 7.88. The number of rotatable bonds is 6. The Morgan fingerprint density at radius 2 is 1.81 bits per heavy atom. The Hall–Kier alpha value is -1.89. The van der Waals surface area contributed by atoms with Gasteiger partial charge < -0.3 is 5.32 Å². The molecule has 1 unspecified atom stereocenters. The summed E-state index contributed by atoms with van der Waals surface area (Å²) in [5.74, 6) is -0.438. The predicted molar refractivity (Wildman–Crippen MR) is 106 cm³/mol. The molecular weight excluding hydrogens is 372 g/mol. The van der Waals surface area contributed by atoms with E-state index in [0.717, 1.165) is 22.9 Å². The summed E-state index contributed by atoms with van der Waals surface area (Å²) in [6.07, 6.45) is 1.10. The average Bonchev–Trinajstić information content (AvgIpc) is 2.55. The van der Waals surface area contributed by atoms with Gasteiger partial charge in [0.15, 0.2) is 0 Å². The molecule has 0 spiro atoms. The maximum absolute atomic E-state index is 12.5. The molecule has 2 aromatic carbocycles. The summed E-state index contributed by atoms with van der Waals surface area (Å²) in [6, 6.07) is 12.4. The molecule has 1 amide bonds. The molecule has 0 radical (unpaired) electrons. The summed E-state index contributed by atoms with van der Waals surface area (Å²) >= 11 is 6.22. The SMILES string of the molecule is Cc1cc(C)c(NC(=O)CN(C(C)c2ccccc2)S(C)(=O)=O)c(Cl)c1. The molecule has 0 aliphatic heterocycles. The third kappa shape index (κ3) is 5.06.